The second-order valence-electron chi connectivity index (χ2n) is 3.42. The zero-order chi connectivity index (χ0) is 11.3. The second kappa shape index (κ2) is 5.65. The average Bonchev–Trinajstić information content (AvgIpc) is 2.27. The topological polar surface area (TPSA) is 18.5 Å². The van der Waals surface area contributed by atoms with Crippen molar-refractivity contribution in [2.45, 2.75) is 19.4 Å². The van der Waals surface area contributed by atoms with Crippen LogP contribution >= 0.6 is 11.6 Å². The Kier molecular flexibility index (Phi) is 4.79. The molecule has 4 heteroatoms. The summed E-state index contributed by atoms with van der Waals surface area (Å²) in [5.41, 5.74) is 0. The SMILES string of the molecule is CCC[Si](OC)(OC)c1ccc(Cl)cc1. The van der Waals surface area contributed by atoms with Crippen molar-refractivity contribution in [3.8, 4) is 0 Å². The van der Waals surface area contributed by atoms with Crippen LogP contribution in [0.5, 0.6) is 0 Å². The molecule has 1 aromatic carbocycles. The van der Waals surface area contributed by atoms with Crippen LogP contribution in [0.15, 0.2) is 24.3 Å². The predicted octanol–water partition coefficient (Wildman–Crippen LogP) is 2.69. The van der Waals surface area contributed by atoms with Crippen molar-refractivity contribution < 1.29 is 8.85 Å². The highest BCUT2D eigenvalue weighted by Crippen LogP contribution is 2.16. The summed E-state index contributed by atoms with van der Waals surface area (Å²) in [5.74, 6) is 0. The van der Waals surface area contributed by atoms with E-state index in [1.54, 1.807) is 14.2 Å². The van der Waals surface area contributed by atoms with Crippen molar-refractivity contribution in [3.63, 3.8) is 0 Å². The maximum Gasteiger partial charge on any atom is 0.371 e. The Morgan fingerprint density at radius 3 is 2.07 bits per heavy atom. The highest BCUT2D eigenvalue weighted by Gasteiger charge is 2.36. The monoisotopic (exact) mass is 244 g/mol. The Morgan fingerprint density at radius 2 is 1.67 bits per heavy atom. The first kappa shape index (κ1) is 12.7. The number of benzene rings is 1. The van der Waals surface area contributed by atoms with E-state index in [4.69, 9.17) is 20.5 Å². The van der Waals surface area contributed by atoms with Crippen LogP contribution in [0.2, 0.25) is 11.1 Å². The summed E-state index contributed by atoms with van der Waals surface area (Å²) in [4.78, 5) is 0. The Hall–Kier alpha value is -0.353. The highest BCUT2D eigenvalue weighted by atomic mass is 35.5. The number of hydrogen-bond donors (Lipinski definition) is 0. The number of halogens is 1. The Morgan fingerprint density at radius 1 is 1.13 bits per heavy atom. The molecular weight excluding hydrogens is 228 g/mol. The van der Waals surface area contributed by atoms with Crippen LogP contribution in [0.1, 0.15) is 13.3 Å². The second-order valence-corrected chi connectivity index (χ2v) is 7.25. The molecule has 0 radical (unpaired) electrons. The van der Waals surface area contributed by atoms with Gasteiger partial charge in [0.2, 0.25) is 0 Å². The summed E-state index contributed by atoms with van der Waals surface area (Å²) < 4.78 is 11.3. The minimum Gasteiger partial charge on any atom is -0.394 e. The van der Waals surface area contributed by atoms with Gasteiger partial charge < -0.3 is 8.85 Å². The molecule has 2 nitrogen and oxygen atoms in total. The van der Waals surface area contributed by atoms with E-state index in [0.29, 0.717) is 0 Å². The molecule has 0 amide bonds. The van der Waals surface area contributed by atoms with Gasteiger partial charge in [-0.3, -0.25) is 0 Å². The maximum atomic E-state index is 5.86. The summed E-state index contributed by atoms with van der Waals surface area (Å²) >= 11 is 5.86. The molecule has 1 aromatic rings. The van der Waals surface area contributed by atoms with E-state index < -0.39 is 8.56 Å². The predicted molar refractivity (Wildman–Crippen MR) is 66.0 cm³/mol. The van der Waals surface area contributed by atoms with Gasteiger partial charge in [0.15, 0.2) is 0 Å². The quantitative estimate of drug-likeness (QED) is 0.742. The lowest BCUT2D eigenvalue weighted by atomic mass is 10.4. The van der Waals surface area contributed by atoms with Gasteiger partial charge in [-0.05, 0) is 23.4 Å². The van der Waals surface area contributed by atoms with Crippen molar-refractivity contribution in [1.29, 1.82) is 0 Å². The van der Waals surface area contributed by atoms with Gasteiger partial charge in [-0.25, -0.2) is 0 Å². The van der Waals surface area contributed by atoms with Crippen molar-refractivity contribution in [2.24, 2.45) is 0 Å². The summed E-state index contributed by atoms with van der Waals surface area (Å²) in [6, 6.07) is 8.72. The standard InChI is InChI=1S/C11H17ClO2Si/c1-4-9-15(13-2,14-3)11-7-5-10(12)6-8-11/h5-8H,4,9H2,1-3H3. The summed E-state index contributed by atoms with van der Waals surface area (Å²) in [6.45, 7) is 2.13. The van der Waals surface area contributed by atoms with Crippen molar-refractivity contribution in [1.82, 2.24) is 0 Å². The van der Waals surface area contributed by atoms with Crippen LogP contribution in [0.4, 0.5) is 0 Å². The fourth-order valence-corrected chi connectivity index (χ4v) is 4.49. The first-order valence-electron chi connectivity index (χ1n) is 5.05. The molecule has 0 bridgehead atoms. The number of hydrogen-bond acceptors (Lipinski definition) is 2. The molecule has 0 aromatic heterocycles. The first-order valence-corrected chi connectivity index (χ1v) is 7.45. The smallest absolute Gasteiger partial charge is 0.371 e. The van der Waals surface area contributed by atoms with Crippen LogP contribution in [-0.2, 0) is 8.85 Å². The lowest BCUT2D eigenvalue weighted by Crippen LogP contribution is -2.52. The van der Waals surface area contributed by atoms with Crippen LogP contribution in [-0.4, -0.2) is 22.8 Å². The molecule has 0 saturated heterocycles. The third-order valence-electron chi connectivity index (χ3n) is 2.52. The summed E-state index contributed by atoms with van der Waals surface area (Å²) in [7, 11) is 1.24. The van der Waals surface area contributed by atoms with E-state index in [9.17, 15) is 0 Å². The van der Waals surface area contributed by atoms with Crippen molar-refractivity contribution >= 4 is 25.3 Å². The lowest BCUT2D eigenvalue weighted by Gasteiger charge is -2.27. The van der Waals surface area contributed by atoms with E-state index in [1.165, 1.54) is 0 Å². The summed E-state index contributed by atoms with van der Waals surface area (Å²) in [6.07, 6.45) is 1.05. The fraction of sp³-hybridized carbons (Fsp3) is 0.455. The molecule has 0 spiro atoms. The fourth-order valence-electron chi connectivity index (χ4n) is 1.70. The molecule has 15 heavy (non-hydrogen) atoms. The molecule has 0 atom stereocenters. The molecule has 0 aliphatic heterocycles. The third kappa shape index (κ3) is 2.81. The van der Waals surface area contributed by atoms with Gasteiger partial charge in [-0.1, -0.05) is 37.1 Å². The van der Waals surface area contributed by atoms with Crippen molar-refractivity contribution in [2.75, 3.05) is 14.2 Å². The minimum atomic E-state index is -2.20. The molecule has 0 saturated carbocycles. The molecular formula is C11H17ClO2Si. The van der Waals surface area contributed by atoms with Crippen LogP contribution in [0.3, 0.4) is 0 Å². The Balaban J connectivity index is 3.02. The molecule has 0 fully saturated rings. The molecule has 0 unspecified atom stereocenters. The zero-order valence-electron chi connectivity index (χ0n) is 9.42. The largest absolute Gasteiger partial charge is 0.394 e. The van der Waals surface area contributed by atoms with Gasteiger partial charge in [-0.15, -0.1) is 0 Å². The lowest BCUT2D eigenvalue weighted by molar-refractivity contribution is 0.257. The maximum absolute atomic E-state index is 5.86. The normalized spacial score (nSPS) is 11.7. The Bertz CT molecular complexity index is 296. The summed E-state index contributed by atoms with van der Waals surface area (Å²) in [5, 5.41) is 1.88. The van der Waals surface area contributed by atoms with Gasteiger partial charge in [0.25, 0.3) is 0 Å². The van der Waals surface area contributed by atoms with E-state index >= 15 is 0 Å². The van der Waals surface area contributed by atoms with Gasteiger partial charge in [0.05, 0.1) is 0 Å². The molecule has 1 rings (SSSR count). The van der Waals surface area contributed by atoms with E-state index in [-0.39, 0.29) is 0 Å². The number of rotatable bonds is 5. The van der Waals surface area contributed by atoms with Gasteiger partial charge in [-0.2, -0.15) is 0 Å². The van der Waals surface area contributed by atoms with Crippen LogP contribution in [0, 0.1) is 0 Å². The highest BCUT2D eigenvalue weighted by molar-refractivity contribution is 6.81. The minimum absolute atomic E-state index is 0.741. The van der Waals surface area contributed by atoms with Gasteiger partial charge >= 0.3 is 8.56 Å². The van der Waals surface area contributed by atoms with Gasteiger partial charge in [0.1, 0.15) is 0 Å². The van der Waals surface area contributed by atoms with E-state index in [2.05, 4.69) is 6.92 Å². The first-order chi connectivity index (χ1) is 7.18. The average molecular weight is 245 g/mol. The van der Waals surface area contributed by atoms with Crippen LogP contribution < -0.4 is 5.19 Å². The molecule has 0 aliphatic rings. The van der Waals surface area contributed by atoms with Crippen molar-refractivity contribution in [3.05, 3.63) is 29.3 Å². The molecule has 0 aliphatic carbocycles. The molecule has 0 N–H and O–H groups in total. The zero-order valence-corrected chi connectivity index (χ0v) is 11.2. The van der Waals surface area contributed by atoms with E-state index in [0.717, 1.165) is 22.7 Å². The third-order valence-corrected chi connectivity index (χ3v) is 6.46. The van der Waals surface area contributed by atoms with Gasteiger partial charge in [0, 0.05) is 19.2 Å². The van der Waals surface area contributed by atoms with E-state index in [1.807, 2.05) is 24.3 Å². The van der Waals surface area contributed by atoms with Crippen LogP contribution in [0.25, 0.3) is 0 Å². The molecule has 84 valence electrons. The molecule has 0 heterocycles. The Labute approximate surface area is 97.4 Å².